The van der Waals surface area contributed by atoms with Gasteiger partial charge in [-0.15, -0.1) is 0 Å². The summed E-state index contributed by atoms with van der Waals surface area (Å²) in [6.45, 7) is 0. The molecule has 0 aliphatic rings. The number of halogens is 1. The van der Waals surface area contributed by atoms with Crippen LogP contribution in [0.5, 0.6) is 0 Å². The maximum absolute atomic E-state index is 11.9. The van der Waals surface area contributed by atoms with Crippen LogP contribution in [0.15, 0.2) is 36.5 Å². The Morgan fingerprint density at radius 1 is 1.28 bits per heavy atom. The SMILES string of the molecule is O=C(Cc1ccccc1Cl)c1c[nH]c(C(=O)O)c1. The lowest BCUT2D eigenvalue weighted by molar-refractivity contribution is 0.0691. The number of carboxylic acids is 1. The van der Waals surface area contributed by atoms with E-state index in [1.807, 2.05) is 0 Å². The van der Waals surface area contributed by atoms with Crippen LogP contribution < -0.4 is 0 Å². The van der Waals surface area contributed by atoms with Gasteiger partial charge in [0, 0.05) is 23.2 Å². The number of nitrogens with one attached hydrogen (secondary N) is 1. The predicted octanol–water partition coefficient (Wildman–Crippen LogP) is 2.79. The molecule has 1 aromatic carbocycles. The summed E-state index contributed by atoms with van der Waals surface area (Å²) in [4.78, 5) is 25.1. The number of carboxylic acid groups (broad SMARTS) is 1. The van der Waals surface area contributed by atoms with Crippen molar-refractivity contribution in [1.29, 1.82) is 0 Å². The molecule has 0 fully saturated rings. The van der Waals surface area contributed by atoms with Crippen LogP contribution >= 0.6 is 11.6 Å². The van der Waals surface area contributed by atoms with Gasteiger partial charge in [0.05, 0.1) is 0 Å². The number of rotatable bonds is 4. The van der Waals surface area contributed by atoms with Crippen molar-refractivity contribution in [2.24, 2.45) is 0 Å². The molecule has 0 aliphatic heterocycles. The van der Waals surface area contributed by atoms with Crippen molar-refractivity contribution < 1.29 is 14.7 Å². The van der Waals surface area contributed by atoms with Crippen LogP contribution in [0, 0.1) is 0 Å². The molecule has 0 unspecified atom stereocenters. The number of carbonyl (C=O) groups is 2. The molecule has 0 amide bonds. The first kappa shape index (κ1) is 12.4. The Morgan fingerprint density at radius 2 is 2.00 bits per heavy atom. The molecular weight excluding hydrogens is 254 g/mol. The molecule has 2 rings (SSSR count). The highest BCUT2D eigenvalue weighted by atomic mass is 35.5. The average molecular weight is 264 g/mol. The summed E-state index contributed by atoms with van der Waals surface area (Å²) in [5, 5.41) is 9.28. The van der Waals surface area contributed by atoms with Gasteiger partial charge in [-0.2, -0.15) is 0 Å². The quantitative estimate of drug-likeness (QED) is 0.834. The smallest absolute Gasteiger partial charge is 0.352 e. The zero-order valence-corrected chi connectivity index (χ0v) is 10.1. The van der Waals surface area contributed by atoms with Gasteiger partial charge in [-0.1, -0.05) is 29.8 Å². The van der Waals surface area contributed by atoms with Crippen molar-refractivity contribution in [3.05, 3.63) is 58.4 Å². The van der Waals surface area contributed by atoms with E-state index in [4.69, 9.17) is 16.7 Å². The van der Waals surface area contributed by atoms with Crippen molar-refractivity contribution in [3.63, 3.8) is 0 Å². The van der Waals surface area contributed by atoms with E-state index < -0.39 is 5.97 Å². The van der Waals surface area contributed by atoms with E-state index in [2.05, 4.69) is 4.98 Å². The predicted molar refractivity (Wildman–Crippen MR) is 67.2 cm³/mol. The van der Waals surface area contributed by atoms with Gasteiger partial charge in [0.1, 0.15) is 5.69 Å². The fourth-order valence-electron chi connectivity index (χ4n) is 1.60. The number of H-pyrrole nitrogens is 1. The molecule has 0 radical (unpaired) electrons. The lowest BCUT2D eigenvalue weighted by atomic mass is 10.1. The van der Waals surface area contributed by atoms with Gasteiger partial charge in [-0.25, -0.2) is 4.79 Å². The molecule has 0 aliphatic carbocycles. The van der Waals surface area contributed by atoms with E-state index in [1.165, 1.54) is 12.3 Å². The number of ketones is 1. The van der Waals surface area contributed by atoms with Crippen molar-refractivity contribution >= 4 is 23.4 Å². The summed E-state index contributed by atoms with van der Waals surface area (Å²) in [7, 11) is 0. The molecule has 0 atom stereocenters. The number of aromatic nitrogens is 1. The molecule has 0 spiro atoms. The van der Waals surface area contributed by atoms with Crippen molar-refractivity contribution in [2.75, 3.05) is 0 Å². The van der Waals surface area contributed by atoms with Crippen molar-refractivity contribution in [1.82, 2.24) is 4.98 Å². The second-order valence-electron chi connectivity index (χ2n) is 3.80. The van der Waals surface area contributed by atoms with Crippen LogP contribution in [0.1, 0.15) is 26.4 Å². The number of benzene rings is 1. The second kappa shape index (κ2) is 5.06. The first-order valence-corrected chi connectivity index (χ1v) is 5.64. The molecule has 4 nitrogen and oxygen atoms in total. The highest BCUT2D eigenvalue weighted by Crippen LogP contribution is 2.17. The van der Waals surface area contributed by atoms with Gasteiger partial charge in [0.25, 0.3) is 0 Å². The summed E-state index contributed by atoms with van der Waals surface area (Å²) in [5.41, 5.74) is 1.06. The van der Waals surface area contributed by atoms with Crippen LogP contribution in [-0.4, -0.2) is 21.8 Å². The van der Waals surface area contributed by atoms with E-state index >= 15 is 0 Å². The molecule has 2 aromatic rings. The standard InChI is InChI=1S/C13H10ClNO3/c14-10-4-2-1-3-8(10)6-12(16)9-5-11(13(17)18)15-7-9/h1-5,7,15H,6H2,(H,17,18). The minimum Gasteiger partial charge on any atom is -0.477 e. The third kappa shape index (κ3) is 2.60. The number of aromatic amines is 1. The van der Waals surface area contributed by atoms with Gasteiger partial charge in [0.15, 0.2) is 5.78 Å². The molecule has 2 N–H and O–H groups in total. The highest BCUT2D eigenvalue weighted by Gasteiger charge is 2.13. The third-order valence-electron chi connectivity index (χ3n) is 2.54. The van der Waals surface area contributed by atoms with Crippen LogP contribution in [0.3, 0.4) is 0 Å². The lowest BCUT2D eigenvalue weighted by Crippen LogP contribution is -2.02. The van der Waals surface area contributed by atoms with E-state index in [0.717, 1.165) is 5.56 Å². The van der Waals surface area contributed by atoms with Gasteiger partial charge < -0.3 is 10.1 Å². The number of hydrogen-bond donors (Lipinski definition) is 2. The van der Waals surface area contributed by atoms with Gasteiger partial charge >= 0.3 is 5.97 Å². The Hall–Kier alpha value is -2.07. The third-order valence-corrected chi connectivity index (χ3v) is 2.91. The van der Waals surface area contributed by atoms with Gasteiger partial charge in [0.2, 0.25) is 0 Å². The maximum Gasteiger partial charge on any atom is 0.352 e. The normalized spacial score (nSPS) is 10.3. The van der Waals surface area contributed by atoms with Crippen LogP contribution in [0.25, 0.3) is 0 Å². The minimum absolute atomic E-state index is 0.00231. The Bertz CT molecular complexity index is 604. The Labute approximate surface area is 108 Å². The van der Waals surface area contributed by atoms with E-state index in [9.17, 15) is 9.59 Å². The summed E-state index contributed by atoms with van der Waals surface area (Å²) in [6, 6.07) is 8.39. The number of hydrogen-bond acceptors (Lipinski definition) is 2. The van der Waals surface area contributed by atoms with Crippen LogP contribution in [0.4, 0.5) is 0 Å². The van der Waals surface area contributed by atoms with E-state index in [0.29, 0.717) is 10.6 Å². The van der Waals surface area contributed by atoms with Gasteiger partial charge in [-0.3, -0.25) is 4.79 Å². The summed E-state index contributed by atoms with van der Waals surface area (Å²) >= 11 is 5.96. The molecule has 5 heteroatoms. The highest BCUT2D eigenvalue weighted by molar-refractivity contribution is 6.31. The Balaban J connectivity index is 2.17. The number of Topliss-reactive ketones (excluding diaryl/α,β-unsaturated/α-hetero) is 1. The van der Waals surface area contributed by atoms with Crippen LogP contribution in [0.2, 0.25) is 5.02 Å². The fraction of sp³-hybridized carbons (Fsp3) is 0.0769. The molecule has 0 saturated carbocycles. The van der Waals surface area contributed by atoms with Gasteiger partial charge in [-0.05, 0) is 17.7 Å². The zero-order valence-electron chi connectivity index (χ0n) is 9.31. The summed E-state index contributed by atoms with van der Waals surface area (Å²) in [6.07, 6.45) is 1.54. The second-order valence-corrected chi connectivity index (χ2v) is 4.21. The lowest BCUT2D eigenvalue weighted by Gasteiger charge is -2.01. The Kier molecular flexibility index (Phi) is 3.48. The molecule has 0 saturated heterocycles. The fourth-order valence-corrected chi connectivity index (χ4v) is 1.80. The first-order chi connectivity index (χ1) is 8.58. The zero-order chi connectivity index (χ0) is 13.1. The summed E-state index contributed by atoms with van der Waals surface area (Å²) < 4.78 is 0. The van der Waals surface area contributed by atoms with E-state index in [1.54, 1.807) is 24.3 Å². The number of aromatic carboxylic acids is 1. The Morgan fingerprint density at radius 3 is 2.61 bits per heavy atom. The molecular formula is C13H10ClNO3. The summed E-state index contributed by atoms with van der Waals surface area (Å²) in [5.74, 6) is -1.27. The molecule has 18 heavy (non-hydrogen) atoms. The minimum atomic E-state index is -1.09. The monoisotopic (exact) mass is 263 g/mol. The first-order valence-electron chi connectivity index (χ1n) is 5.26. The number of carbonyl (C=O) groups excluding carboxylic acids is 1. The molecule has 0 bridgehead atoms. The average Bonchev–Trinajstić information content (AvgIpc) is 2.81. The van der Waals surface area contributed by atoms with Crippen molar-refractivity contribution in [2.45, 2.75) is 6.42 Å². The molecule has 1 aromatic heterocycles. The maximum atomic E-state index is 11.9. The van der Waals surface area contributed by atoms with Crippen molar-refractivity contribution in [3.8, 4) is 0 Å². The van der Waals surface area contributed by atoms with E-state index in [-0.39, 0.29) is 17.9 Å². The largest absolute Gasteiger partial charge is 0.477 e. The molecule has 92 valence electrons. The topological polar surface area (TPSA) is 70.2 Å². The van der Waals surface area contributed by atoms with Crippen LogP contribution in [-0.2, 0) is 6.42 Å². The molecule has 1 heterocycles.